The Hall–Kier alpha value is -1.68. The molecular formula is C12H13FN2O. The molecule has 2 aromatic heterocycles. The van der Waals surface area contributed by atoms with Gasteiger partial charge in [0.1, 0.15) is 17.3 Å². The number of nitrogens with two attached hydrogens (primary N) is 1. The lowest BCUT2D eigenvalue weighted by Gasteiger charge is -2.11. The largest absolute Gasteiger partial charge is 0.466 e. The summed E-state index contributed by atoms with van der Waals surface area (Å²) in [6, 6.07) is 2.90. The van der Waals surface area contributed by atoms with Crippen LogP contribution in [0.5, 0.6) is 0 Å². The van der Waals surface area contributed by atoms with Crippen molar-refractivity contribution in [3.63, 3.8) is 0 Å². The van der Waals surface area contributed by atoms with E-state index in [1.807, 2.05) is 19.9 Å². The van der Waals surface area contributed by atoms with Crippen molar-refractivity contribution in [3.8, 4) is 0 Å². The van der Waals surface area contributed by atoms with Crippen LogP contribution in [0.15, 0.2) is 28.9 Å². The standard InChI is InChI=1S/C12H13FN2O/c1-7-5-10(8(2)16-7)12(14)9-3-4-15-6-11(9)13/h3-6,12H,14H2,1-2H3. The van der Waals surface area contributed by atoms with Crippen LogP contribution in [0.1, 0.15) is 28.7 Å². The highest BCUT2D eigenvalue weighted by Gasteiger charge is 2.17. The maximum absolute atomic E-state index is 13.5. The number of rotatable bonds is 2. The summed E-state index contributed by atoms with van der Waals surface area (Å²) in [7, 11) is 0. The lowest BCUT2D eigenvalue weighted by molar-refractivity contribution is 0.498. The number of aryl methyl sites for hydroxylation is 2. The molecule has 0 radical (unpaired) electrons. The number of hydrogen-bond donors (Lipinski definition) is 1. The van der Waals surface area contributed by atoms with Crippen LogP contribution in [0, 0.1) is 19.7 Å². The van der Waals surface area contributed by atoms with Gasteiger partial charge in [-0.15, -0.1) is 0 Å². The summed E-state index contributed by atoms with van der Waals surface area (Å²) in [4.78, 5) is 3.69. The van der Waals surface area contributed by atoms with Crippen molar-refractivity contribution in [3.05, 3.63) is 53.0 Å². The summed E-state index contributed by atoms with van der Waals surface area (Å²) in [6.45, 7) is 3.66. The lowest BCUT2D eigenvalue weighted by atomic mass is 10.0. The fourth-order valence-electron chi connectivity index (χ4n) is 1.76. The van der Waals surface area contributed by atoms with Gasteiger partial charge in [0.2, 0.25) is 0 Å². The summed E-state index contributed by atoms with van der Waals surface area (Å²) in [5.74, 6) is 1.10. The maximum atomic E-state index is 13.5. The fraction of sp³-hybridized carbons (Fsp3) is 0.250. The summed E-state index contributed by atoms with van der Waals surface area (Å²) >= 11 is 0. The molecule has 4 heteroatoms. The minimum Gasteiger partial charge on any atom is -0.466 e. The molecule has 2 rings (SSSR count). The maximum Gasteiger partial charge on any atom is 0.146 e. The minimum absolute atomic E-state index is 0.395. The Morgan fingerprint density at radius 1 is 1.38 bits per heavy atom. The Labute approximate surface area is 93.1 Å². The highest BCUT2D eigenvalue weighted by atomic mass is 19.1. The second-order valence-electron chi connectivity index (χ2n) is 3.74. The van der Waals surface area contributed by atoms with Gasteiger partial charge in [0, 0.05) is 17.3 Å². The average molecular weight is 220 g/mol. The summed E-state index contributed by atoms with van der Waals surface area (Å²) in [5.41, 5.74) is 7.24. The summed E-state index contributed by atoms with van der Waals surface area (Å²) < 4.78 is 18.9. The quantitative estimate of drug-likeness (QED) is 0.845. The molecule has 0 bridgehead atoms. The average Bonchev–Trinajstić information content (AvgIpc) is 2.58. The topological polar surface area (TPSA) is 52.0 Å². The Morgan fingerprint density at radius 3 is 2.69 bits per heavy atom. The van der Waals surface area contributed by atoms with E-state index in [2.05, 4.69) is 4.98 Å². The first-order valence-electron chi connectivity index (χ1n) is 5.01. The van der Waals surface area contributed by atoms with Gasteiger partial charge in [-0.2, -0.15) is 0 Å². The number of furan rings is 1. The molecule has 0 spiro atoms. The molecule has 0 fully saturated rings. The number of hydrogen-bond acceptors (Lipinski definition) is 3. The Kier molecular flexibility index (Phi) is 2.75. The van der Waals surface area contributed by atoms with Crippen molar-refractivity contribution in [2.24, 2.45) is 5.73 Å². The molecule has 0 aliphatic rings. The summed E-state index contributed by atoms with van der Waals surface area (Å²) in [5, 5.41) is 0. The van der Waals surface area contributed by atoms with Crippen LogP contribution in [0.4, 0.5) is 4.39 Å². The first-order valence-corrected chi connectivity index (χ1v) is 5.01. The first kappa shape index (κ1) is 10.8. The van der Waals surface area contributed by atoms with Crippen molar-refractivity contribution in [1.82, 2.24) is 4.98 Å². The van der Waals surface area contributed by atoms with Crippen LogP contribution < -0.4 is 5.73 Å². The number of halogens is 1. The third kappa shape index (κ3) is 1.84. The van der Waals surface area contributed by atoms with Crippen molar-refractivity contribution in [2.75, 3.05) is 0 Å². The summed E-state index contributed by atoms with van der Waals surface area (Å²) in [6.07, 6.45) is 2.69. The molecule has 2 aromatic rings. The van der Waals surface area contributed by atoms with Crippen molar-refractivity contribution in [1.29, 1.82) is 0 Å². The van der Waals surface area contributed by atoms with Gasteiger partial charge < -0.3 is 10.2 Å². The van der Waals surface area contributed by atoms with Gasteiger partial charge in [0.25, 0.3) is 0 Å². The predicted molar refractivity (Wildman–Crippen MR) is 58.4 cm³/mol. The zero-order valence-corrected chi connectivity index (χ0v) is 9.20. The molecule has 84 valence electrons. The predicted octanol–water partition coefficient (Wildman–Crippen LogP) is 2.48. The molecule has 0 amide bonds. The first-order chi connectivity index (χ1) is 7.59. The van der Waals surface area contributed by atoms with Gasteiger partial charge in [-0.1, -0.05) is 0 Å². The van der Waals surface area contributed by atoms with Crippen LogP contribution in [-0.2, 0) is 0 Å². The second-order valence-corrected chi connectivity index (χ2v) is 3.74. The Morgan fingerprint density at radius 2 is 2.12 bits per heavy atom. The van der Waals surface area contributed by atoms with Crippen LogP contribution in [0.2, 0.25) is 0 Å². The van der Waals surface area contributed by atoms with E-state index in [4.69, 9.17) is 10.2 Å². The zero-order chi connectivity index (χ0) is 11.7. The van der Waals surface area contributed by atoms with Crippen LogP contribution in [-0.4, -0.2) is 4.98 Å². The Balaban J connectivity index is 2.43. The van der Waals surface area contributed by atoms with E-state index in [0.29, 0.717) is 5.56 Å². The molecule has 0 aliphatic carbocycles. The third-order valence-corrected chi connectivity index (χ3v) is 2.55. The minimum atomic E-state index is -0.513. The van der Waals surface area contributed by atoms with Gasteiger partial charge >= 0.3 is 0 Å². The molecule has 0 saturated heterocycles. The van der Waals surface area contributed by atoms with Crippen LogP contribution >= 0.6 is 0 Å². The fourth-order valence-corrected chi connectivity index (χ4v) is 1.76. The Bertz CT molecular complexity index is 507. The number of pyridine rings is 1. The number of nitrogens with zero attached hydrogens (tertiary/aromatic N) is 1. The monoisotopic (exact) mass is 220 g/mol. The highest BCUT2D eigenvalue weighted by molar-refractivity contribution is 5.33. The van der Waals surface area contributed by atoms with E-state index in [-0.39, 0.29) is 0 Å². The molecule has 0 aromatic carbocycles. The van der Waals surface area contributed by atoms with Crippen molar-refractivity contribution >= 4 is 0 Å². The smallest absolute Gasteiger partial charge is 0.146 e. The zero-order valence-electron chi connectivity index (χ0n) is 9.20. The van der Waals surface area contributed by atoms with Crippen molar-refractivity contribution < 1.29 is 8.81 Å². The number of aromatic nitrogens is 1. The molecule has 0 saturated carbocycles. The van der Waals surface area contributed by atoms with Gasteiger partial charge in [0.05, 0.1) is 12.2 Å². The third-order valence-electron chi connectivity index (χ3n) is 2.55. The second kappa shape index (κ2) is 4.06. The normalized spacial score (nSPS) is 12.8. The molecule has 1 atom stereocenters. The molecule has 2 heterocycles. The van der Waals surface area contributed by atoms with Crippen LogP contribution in [0.3, 0.4) is 0 Å². The van der Waals surface area contributed by atoms with Crippen molar-refractivity contribution in [2.45, 2.75) is 19.9 Å². The van der Waals surface area contributed by atoms with Gasteiger partial charge in [-0.05, 0) is 26.0 Å². The van der Waals surface area contributed by atoms with Crippen LogP contribution in [0.25, 0.3) is 0 Å². The molecular weight excluding hydrogens is 207 g/mol. The van der Waals surface area contributed by atoms with Gasteiger partial charge in [-0.25, -0.2) is 4.39 Å². The van der Waals surface area contributed by atoms with E-state index in [1.165, 1.54) is 6.20 Å². The van der Waals surface area contributed by atoms with E-state index >= 15 is 0 Å². The SMILES string of the molecule is Cc1cc(C(N)c2ccncc2F)c(C)o1. The van der Waals surface area contributed by atoms with Gasteiger partial charge in [0.15, 0.2) is 0 Å². The van der Waals surface area contributed by atoms with E-state index in [9.17, 15) is 4.39 Å². The molecule has 3 nitrogen and oxygen atoms in total. The molecule has 0 aliphatic heterocycles. The van der Waals surface area contributed by atoms with E-state index < -0.39 is 11.9 Å². The van der Waals surface area contributed by atoms with E-state index in [0.717, 1.165) is 23.3 Å². The molecule has 2 N–H and O–H groups in total. The van der Waals surface area contributed by atoms with E-state index in [1.54, 1.807) is 6.07 Å². The molecule has 1 unspecified atom stereocenters. The van der Waals surface area contributed by atoms with Gasteiger partial charge in [-0.3, -0.25) is 4.98 Å². The molecule has 16 heavy (non-hydrogen) atoms. The lowest BCUT2D eigenvalue weighted by Crippen LogP contribution is -2.14. The highest BCUT2D eigenvalue weighted by Crippen LogP contribution is 2.26.